The SMILES string of the molecule is CC(C)CN1C(=O)N(CC2CCC2)C(=O)C12CCN(c1ncnc(N)c1C#N)CC2. The van der Waals surface area contributed by atoms with Crippen molar-refractivity contribution < 1.29 is 9.59 Å². The number of nitrogen functional groups attached to an aromatic ring is 1. The number of nitriles is 1. The second-order valence-electron chi connectivity index (χ2n) is 9.09. The number of rotatable bonds is 5. The van der Waals surface area contributed by atoms with Crippen LogP contribution in [0.4, 0.5) is 16.4 Å². The Morgan fingerprint density at radius 2 is 1.97 bits per heavy atom. The Hall–Kier alpha value is -2.89. The largest absolute Gasteiger partial charge is 0.382 e. The number of nitrogens with zero attached hydrogens (tertiary/aromatic N) is 6. The third-order valence-electron chi connectivity index (χ3n) is 6.69. The first-order valence-corrected chi connectivity index (χ1v) is 10.8. The van der Waals surface area contributed by atoms with Crippen molar-refractivity contribution in [2.45, 2.75) is 51.5 Å². The molecule has 0 unspecified atom stereocenters. The lowest BCUT2D eigenvalue weighted by Gasteiger charge is -2.43. The summed E-state index contributed by atoms with van der Waals surface area (Å²) in [6.07, 6.45) is 5.74. The van der Waals surface area contributed by atoms with Gasteiger partial charge in [-0.05, 0) is 37.5 Å². The highest BCUT2D eigenvalue weighted by molar-refractivity contribution is 6.07. The van der Waals surface area contributed by atoms with Gasteiger partial charge in [-0.2, -0.15) is 5.26 Å². The van der Waals surface area contributed by atoms with E-state index in [0.717, 1.165) is 12.8 Å². The predicted molar refractivity (Wildman–Crippen MR) is 111 cm³/mol. The van der Waals surface area contributed by atoms with Crippen LogP contribution >= 0.6 is 0 Å². The van der Waals surface area contributed by atoms with Crippen molar-refractivity contribution in [3.63, 3.8) is 0 Å². The van der Waals surface area contributed by atoms with Crippen molar-refractivity contribution in [2.24, 2.45) is 11.8 Å². The van der Waals surface area contributed by atoms with Crippen LogP contribution in [-0.4, -0.2) is 63.4 Å². The van der Waals surface area contributed by atoms with E-state index in [4.69, 9.17) is 5.73 Å². The zero-order valence-corrected chi connectivity index (χ0v) is 17.7. The second-order valence-corrected chi connectivity index (χ2v) is 9.09. The fourth-order valence-corrected chi connectivity index (χ4v) is 4.80. The molecule has 1 aromatic heterocycles. The fourth-order valence-electron chi connectivity index (χ4n) is 4.80. The van der Waals surface area contributed by atoms with E-state index >= 15 is 0 Å². The topological polar surface area (TPSA) is 119 Å². The molecule has 3 amide bonds. The smallest absolute Gasteiger partial charge is 0.327 e. The summed E-state index contributed by atoms with van der Waals surface area (Å²) in [4.78, 5) is 40.2. The van der Waals surface area contributed by atoms with Gasteiger partial charge in [0.25, 0.3) is 5.91 Å². The molecule has 1 saturated carbocycles. The molecule has 9 heteroatoms. The number of hydrogen-bond donors (Lipinski definition) is 1. The molecular weight excluding hydrogens is 382 g/mol. The number of aromatic nitrogens is 2. The molecule has 1 aromatic rings. The van der Waals surface area contributed by atoms with Gasteiger partial charge < -0.3 is 15.5 Å². The van der Waals surface area contributed by atoms with Gasteiger partial charge in [-0.25, -0.2) is 14.8 Å². The summed E-state index contributed by atoms with van der Waals surface area (Å²) < 4.78 is 0. The Balaban J connectivity index is 1.58. The molecule has 1 spiro atoms. The minimum Gasteiger partial charge on any atom is -0.382 e. The number of urea groups is 1. The monoisotopic (exact) mass is 411 g/mol. The average Bonchev–Trinajstić information content (AvgIpc) is 2.86. The highest BCUT2D eigenvalue weighted by atomic mass is 16.2. The Bertz CT molecular complexity index is 882. The van der Waals surface area contributed by atoms with E-state index in [0.29, 0.717) is 50.8 Å². The summed E-state index contributed by atoms with van der Waals surface area (Å²) in [5, 5.41) is 9.45. The highest BCUT2D eigenvalue weighted by Crippen LogP contribution is 2.40. The maximum atomic E-state index is 13.5. The quantitative estimate of drug-likeness (QED) is 0.736. The number of imide groups is 1. The molecule has 0 radical (unpaired) electrons. The van der Waals surface area contributed by atoms with Crippen molar-refractivity contribution in [1.82, 2.24) is 19.8 Å². The van der Waals surface area contributed by atoms with Crippen LogP contribution in [0, 0.1) is 23.2 Å². The third-order valence-corrected chi connectivity index (χ3v) is 6.69. The van der Waals surface area contributed by atoms with E-state index < -0.39 is 5.54 Å². The molecule has 2 aliphatic heterocycles. The van der Waals surface area contributed by atoms with Gasteiger partial charge in [0.2, 0.25) is 0 Å². The summed E-state index contributed by atoms with van der Waals surface area (Å²) in [5.74, 6) is 1.31. The van der Waals surface area contributed by atoms with Gasteiger partial charge in [-0.3, -0.25) is 9.69 Å². The molecule has 3 aliphatic rings. The van der Waals surface area contributed by atoms with Gasteiger partial charge >= 0.3 is 6.03 Å². The van der Waals surface area contributed by atoms with Crippen LogP contribution in [0.1, 0.15) is 51.5 Å². The normalized spacial score (nSPS) is 21.5. The van der Waals surface area contributed by atoms with Crippen molar-refractivity contribution >= 4 is 23.6 Å². The third kappa shape index (κ3) is 3.24. The van der Waals surface area contributed by atoms with E-state index in [9.17, 15) is 14.9 Å². The molecule has 2 saturated heterocycles. The zero-order valence-electron chi connectivity index (χ0n) is 17.7. The minimum absolute atomic E-state index is 0.0533. The standard InChI is InChI=1S/C21H29N7O2/c1-14(2)11-28-20(30)27(12-15-4-3-5-15)19(29)21(28)6-8-26(9-7-21)18-16(10-22)17(23)24-13-25-18/h13-15H,3-9,11-12H2,1-2H3,(H2,23,24,25). The Morgan fingerprint density at radius 1 is 1.27 bits per heavy atom. The molecule has 0 aromatic carbocycles. The van der Waals surface area contributed by atoms with E-state index in [1.165, 1.54) is 17.6 Å². The molecule has 2 N–H and O–H groups in total. The molecule has 3 fully saturated rings. The first-order chi connectivity index (χ1) is 14.4. The maximum Gasteiger partial charge on any atom is 0.327 e. The van der Waals surface area contributed by atoms with Crippen molar-refractivity contribution in [2.75, 3.05) is 36.8 Å². The Morgan fingerprint density at radius 3 is 2.53 bits per heavy atom. The van der Waals surface area contributed by atoms with Crippen LogP contribution in [-0.2, 0) is 4.79 Å². The van der Waals surface area contributed by atoms with Crippen LogP contribution in [0.3, 0.4) is 0 Å². The van der Waals surface area contributed by atoms with Crippen LogP contribution in [0.2, 0.25) is 0 Å². The zero-order chi connectivity index (χ0) is 21.5. The van der Waals surface area contributed by atoms with E-state index in [1.807, 2.05) is 9.80 Å². The molecular formula is C21H29N7O2. The molecule has 4 rings (SSSR count). The number of hydrogen-bond acceptors (Lipinski definition) is 7. The highest BCUT2D eigenvalue weighted by Gasteiger charge is 2.58. The van der Waals surface area contributed by atoms with E-state index in [2.05, 4.69) is 29.9 Å². The van der Waals surface area contributed by atoms with E-state index in [1.54, 1.807) is 0 Å². The van der Waals surface area contributed by atoms with Crippen molar-refractivity contribution in [3.05, 3.63) is 11.9 Å². The van der Waals surface area contributed by atoms with Crippen LogP contribution in [0.5, 0.6) is 0 Å². The van der Waals surface area contributed by atoms with Crippen LogP contribution < -0.4 is 10.6 Å². The molecule has 160 valence electrons. The van der Waals surface area contributed by atoms with Gasteiger partial charge in [-0.1, -0.05) is 20.3 Å². The van der Waals surface area contributed by atoms with Gasteiger partial charge in [0.15, 0.2) is 5.82 Å². The fraction of sp³-hybridized carbons (Fsp3) is 0.667. The van der Waals surface area contributed by atoms with Crippen molar-refractivity contribution in [1.29, 1.82) is 5.26 Å². The molecule has 9 nitrogen and oxygen atoms in total. The van der Waals surface area contributed by atoms with Crippen LogP contribution in [0.15, 0.2) is 6.33 Å². The number of carbonyl (C=O) groups excluding carboxylic acids is 2. The summed E-state index contributed by atoms with van der Waals surface area (Å²) in [6, 6.07) is 1.94. The lowest BCUT2D eigenvalue weighted by Crippen LogP contribution is -2.57. The number of carbonyl (C=O) groups is 2. The number of amides is 3. The minimum atomic E-state index is -0.799. The van der Waals surface area contributed by atoms with Crippen LogP contribution in [0.25, 0.3) is 0 Å². The van der Waals surface area contributed by atoms with Gasteiger partial charge in [-0.15, -0.1) is 0 Å². The Labute approximate surface area is 176 Å². The molecule has 1 aliphatic carbocycles. The van der Waals surface area contributed by atoms with Crippen molar-refractivity contribution in [3.8, 4) is 6.07 Å². The number of anilines is 2. The average molecular weight is 412 g/mol. The molecule has 0 atom stereocenters. The van der Waals surface area contributed by atoms with Gasteiger partial charge in [0, 0.05) is 26.2 Å². The van der Waals surface area contributed by atoms with Gasteiger partial charge in [0.1, 0.15) is 29.3 Å². The van der Waals surface area contributed by atoms with E-state index in [-0.39, 0.29) is 29.2 Å². The molecule has 3 heterocycles. The first kappa shape index (κ1) is 20.4. The number of nitrogens with two attached hydrogens (primary N) is 1. The predicted octanol–water partition coefficient (Wildman–Crippen LogP) is 1.99. The lowest BCUT2D eigenvalue weighted by molar-refractivity contribution is -0.135. The molecule has 30 heavy (non-hydrogen) atoms. The first-order valence-electron chi connectivity index (χ1n) is 10.8. The molecule has 0 bridgehead atoms. The number of piperidine rings is 1. The summed E-state index contributed by atoms with van der Waals surface area (Å²) in [7, 11) is 0. The van der Waals surface area contributed by atoms with Gasteiger partial charge in [0.05, 0.1) is 0 Å². The maximum absolute atomic E-state index is 13.5. The summed E-state index contributed by atoms with van der Waals surface area (Å²) in [6.45, 7) is 6.29. The second kappa shape index (κ2) is 7.74. The lowest BCUT2D eigenvalue weighted by atomic mass is 9.83. The summed E-state index contributed by atoms with van der Waals surface area (Å²) in [5.41, 5.74) is 5.30. The Kier molecular flexibility index (Phi) is 5.26. The summed E-state index contributed by atoms with van der Waals surface area (Å²) >= 11 is 0.